The van der Waals surface area contributed by atoms with E-state index in [1.54, 1.807) is 12.1 Å². The summed E-state index contributed by atoms with van der Waals surface area (Å²) in [5, 5.41) is 7.09. The first-order valence-electron chi connectivity index (χ1n) is 10.2. The molecule has 162 valence electrons. The average molecular weight is 490 g/mol. The molecular formula is C26H17Cl2N3OS. The lowest BCUT2D eigenvalue weighted by Gasteiger charge is -2.14. The Hall–Kier alpha value is -3.25. The van der Waals surface area contributed by atoms with Crippen LogP contribution in [-0.4, -0.2) is 15.9 Å². The van der Waals surface area contributed by atoms with E-state index in [1.165, 1.54) is 11.3 Å². The highest BCUT2D eigenvalue weighted by atomic mass is 35.5. The van der Waals surface area contributed by atoms with Crippen molar-refractivity contribution < 1.29 is 4.79 Å². The third-order valence-corrected chi connectivity index (χ3v) is 6.85. The Balaban J connectivity index is 1.53. The molecule has 0 saturated carbocycles. The molecule has 0 spiro atoms. The van der Waals surface area contributed by atoms with Gasteiger partial charge in [0.25, 0.3) is 5.91 Å². The maximum absolute atomic E-state index is 13.5. The molecule has 0 saturated heterocycles. The van der Waals surface area contributed by atoms with E-state index in [9.17, 15) is 4.79 Å². The van der Waals surface area contributed by atoms with E-state index in [0.29, 0.717) is 20.7 Å². The van der Waals surface area contributed by atoms with E-state index in [-0.39, 0.29) is 5.91 Å². The molecule has 3 aromatic carbocycles. The van der Waals surface area contributed by atoms with Crippen molar-refractivity contribution in [3.05, 3.63) is 99.3 Å². The summed E-state index contributed by atoms with van der Waals surface area (Å²) in [7, 11) is 0. The summed E-state index contributed by atoms with van der Waals surface area (Å²) in [5.74, 6) is -0.224. The Morgan fingerprint density at radius 3 is 2.42 bits per heavy atom. The Labute approximate surface area is 204 Å². The lowest BCUT2D eigenvalue weighted by atomic mass is 9.97. The molecule has 0 aliphatic rings. The van der Waals surface area contributed by atoms with Crippen LogP contribution in [0.3, 0.4) is 0 Å². The number of hydrogen-bond acceptors (Lipinski definition) is 4. The number of anilines is 1. The van der Waals surface area contributed by atoms with Gasteiger partial charge in [-0.15, -0.1) is 11.3 Å². The van der Waals surface area contributed by atoms with Crippen molar-refractivity contribution in [2.45, 2.75) is 6.92 Å². The first kappa shape index (κ1) is 21.6. The Morgan fingerprint density at radius 1 is 0.879 bits per heavy atom. The molecule has 0 radical (unpaired) electrons. The van der Waals surface area contributed by atoms with Crippen LogP contribution < -0.4 is 5.32 Å². The third kappa shape index (κ3) is 4.23. The van der Waals surface area contributed by atoms with Crippen molar-refractivity contribution in [2.75, 3.05) is 5.32 Å². The predicted octanol–water partition coefficient (Wildman–Crippen LogP) is 7.89. The van der Waals surface area contributed by atoms with Gasteiger partial charge in [-0.1, -0.05) is 77.8 Å². The van der Waals surface area contributed by atoms with Gasteiger partial charge in [0.1, 0.15) is 0 Å². The van der Waals surface area contributed by atoms with Gasteiger partial charge in [-0.2, -0.15) is 0 Å². The van der Waals surface area contributed by atoms with Crippen LogP contribution in [-0.2, 0) is 0 Å². The first-order valence-corrected chi connectivity index (χ1v) is 11.8. The van der Waals surface area contributed by atoms with Gasteiger partial charge in [-0.25, -0.2) is 9.97 Å². The Morgan fingerprint density at radius 2 is 1.64 bits per heavy atom. The molecule has 4 nitrogen and oxygen atoms in total. The van der Waals surface area contributed by atoms with E-state index in [4.69, 9.17) is 28.2 Å². The van der Waals surface area contributed by atoms with E-state index in [1.807, 2.05) is 73.0 Å². The van der Waals surface area contributed by atoms with Crippen molar-refractivity contribution in [2.24, 2.45) is 0 Å². The minimum Gasteiger partial charge on any atom is -0.298 e. The van der Waals surface area contributed by atoms with Gasteiger partial charge in [-0.05, 0) is 30.7 Å². The van der Waals surface area contributed by atoms with Crippen molar-refractivity contribution in [3.63, 3.8) is 0 Å². The molecule has 33 heavy (non-hydrogen) atoms. The van der Waals surface area contributed by atoms with Crippen molar-refractivity contribution >= 4 is 56.5 Å². The molecule has 0 aliphatic heterocycles. The Kier molecular flexibility index (Phi) is 5.85. The summed E-state index contributed by atoms with van der Waals surface area (Å²) >= 11 is 13.5. The highest BCUT2D eigenvalue weighted by Gasteiger charge is 2.20. The molecule has 1 amide bonds. The lowest BCUT2D eigenvalue weighted by molar-refractivity contribution is 0.102. The van der Waals surface area contributed by atoms with Gasteiger partial charge in [0.2, 0.25) is 0 Å². The van der Waals surface area contributed by atoms with Gasteiger partial charge >= 0.3 is 0 Å². The zero-order valence-corrected chi connectivity index (χ0v) is 19.8. The molecule has 0 fully saturated rings. The molecule has 0 atom stereocenters. The number of hydrogen-bond donors (Lipinski definition) is 1. The van der Waals surface area contributed by atoms with Crippen molar-refractivity contribution in [1.82, 2.24) is 9.97 Å². The normalized spacial score (nSPS) is 11.0. The van der Waals surface area contributed by atoms with Crippen molar-refractivity contribution in [1.29, 1.82) is 0 Å². The number of rotatable bonds is 4. The summed E-state index contributed by atoms with van der Waals surface area (Å²) in [6.45, 7) is 1.93. The number of thiazole rings is 1. The molecule has 0 unspecified atom stereocenters. The maximum atomic E-state index is 13.5. The van der Waals surface area contributed by atoms with Crippen LogP contribution in [0.15, 0.2) is 78.2 Å². The molecule has 0 aliphatic carbocycles. The number of nitrogens with one attached hydrogen (secondary N) is 1. The number of benzene rings is 3. The van der Waals surface area contributed by atoms with Gasteiger partial charge in [0.15, 0.2) is 5.13 Å². The van der Waals surface area contributed by atoms with Crippen LogP contribution in [0.2, 0.25) is 10.0 Å². The minimum atomic E-state index is -0.224. The molecule has 5 rings (SSSR count). The Bertz CT molecular complexity index is 1500. The zero-order chi connectivity index (χ0) is 22.9. The van der Waals surface area contributed by atoms with E-state index in [0.717, 1.165) is 39.0 Å². The second-order valence-corrected chi connectivity index (χ2v) is 9.14. The van der Waals surface area contributed by atoms with Crippen LogP contribution in [0, 0.1) is 6.92 Å². The fourth-order valence-corrected chi connectivity index (χ4v) is 4.77. The summed E-state index contributed by atoms with van der Waals surface area (Å²) in [4.78, 5) is 22.9. The second kappa shape index (κ2) is 8.94. The number of halogens is 2. The minimum absolute atomic E-state index is 0.224. The third-order valence-electron chi connectivity index (χ3n) is 5.35. The first-order chi connectivity index (χ1) is 16.0. The molecular weight excluding hydrogens is 473 g/mol. The molecule has 0 bridgehead atoms. The standard InChI is InChI=1S/C26H17Cl2N3OS/c1-15-23(18-9-5-6-10-21(18)29-24(15)16-7-3-2-4-8-16)25(32)31-26-30-22(14-33-26)17-11-12-19(27)20(28)13-17/h2-14H,1H3,(H,30,31,32). The SMILES string of the molecule is Cc1c(-c2ccccc2)nc2ccccc2c1C(=O)Nc1nc(-c2ccc(Cl)c(Cl)c2)cs1. The van der Waals surface area contributed by atoms with Gasteiger partial charge < -0.3 is 0 Å². The molecule has 1 N–H and O–H groups in total. The predicted molar refractivity (Wildman–Crippen MR) is 137 cm³/mol. The second-order valence-electron chi connectivity index (χ2n) is 7.46. The number of nitrogens with zero attached hydrogens (tertiary/aromatic N) is 2. The van der Waals surface area contributed by atoms with Gasteiger partial charge in [0, 0.05) is 21.9 Å². The fourth-order valence-electron chi connectivity index (χ4n) is 3.76. The van der Waals surface area contributed by atoms with Gasteiger partial charge in [-0.3, -0.25) is 10.1 Å². The maximum Gasteiger partial charge on any atom is 0.258 e. The summed E-state index contributed by atoms with van der Waals surface area (Å²) in [5.41, 5.74) is 5.47. The number of carbonyl (C=O) groups excluding carboxylic acids is 1. The fraction of sp³-hybridized carbons (Fsp3) is 0.0385. The number of amides is 1. The molecule has 2 heterocycles. The van der Waals surface area contributed by atoms with Crippen molar-refractivity contribution in [3.8, 4) is 22.5 Å². The summed E-state index contributed by atoms with van der Waals surface area (Å²) in [6, 6.07) is 22.9. The van der Waals surface area contributed by atoms with Crippen LogP contribution in [0.5, 0.6) is 0 Å². The number of para-hydroxylation sites is 1. The van der Waals surface area contributed by atoms with E-state index in [2.05, 4.69) is 10.3 Å². The van der Waals surface area contributed by atoms with Crippen LogP contribution in [0.25, 0.3) is 33.4 Å². The summed E-state index contributed by atoms with van der Waals surface area (Å²) in [6.07, 6.45) is 0. The summed E-state index contributed by atoms with van der Waals surface area (Å²) < 4.78 is 0. The number of fused-ring (bicyclic) bond motifs is 1. The monoisotopic (exact) mass is 489 g/mol. The number of aromatic nitrogens is 2. The largest absolute Gasteiger partial charge is 0.298 e. The highest BCUT2D eigenvalue weighted by Crippen LogP contribution is 2.33. The zero-order valence-electron chi connectivity index (χ0n) is 17.5. The van der Waals surface area contributed by atoms with Gasteiger partial charge in [0.05, 0.1) is 32.5 Å². The number of pyridine rings is 1. The lowest BCUT2D eigenvalue weighted by Crippen LogP contribution is -2.15. The molecule has 7 heteroatoms. The highest BCUT2D eigenvalue weighted by molar-refractivity contribution is 7.14. The number of carbonyl (C=O) groups is 1. The topological polar surface area (TPSA) is 54.9 Å². The van der Waals surface area contributed by atoms with Crippen LogP contribution >= 0.6 is 34.5 Å². The molecule has 2 aromatic heterocycles. The van der Waals surface area contributed by atoms with E-state index >= 15 is 0 Å². The van der Waals surface area contributed by atoms with Crippen LogP contribution in [0.1, 0.15) is 15.9 Å². The quantitative estimate of drug-likeness (QED) is 0.279. The smallest absolute Gasteiger partial charge is 0.258 e. The van der Waals surface area contributed by atoms with Crippen LogP contribution in [0.4, 0.5) is 5.13 Å². The van der Waals surface area contributed by atoms with E-state index < -0.39 is 0 Å². The average Bonchev–Trinajstić information content (AvgIpc) is 3.29. The molecule has 5 aromatic rings.